The van der Waals surface area contributed by atoms with E-state index >= 15 is 0 Å². The van der Waals surface area contributed by atoms with Gasteiger partial charge in [0.25, 0.3) is 0 Å². The molecule has 2 heterocycles. The van der Waals surface area contributed by atoms with Gasteiger partial charge in [-0.15, -0.1) is 0 Å². The van der Waals surface area contributed by atoms with Crippen molar-refractivity contribution in [2.75, 3.05) is 18.0 Å². The molecule has 1 aliphatic heterocycles. The summed E-state index contributed by atoms with van der Waals surface area (Å²) in [5.41, 5.74) is 2.14. The van der Waals surface area contributed by atoms with Gasteiger partial charge in [-0.2, -0.15) is 0 Å². The van der Waals surface area contributed by atoms with Crippen LogP contribution in [-0.2, 0) is 0 Å². The molecule has 1 aromatic heterocycles. The summed E-state index contributed by atoms with van der Waals surface area (Å²) in [6.07, 6.45) is 0.628. The highest BCUT2D eigenvalue weighted by atomic mass is 16.4. The number of piperidine rings is 1. The molecule has 1 fully saturated rings. The van der Waals surface area contributed by atoms with Gasteiger partial charge in [0.1, 0.15) is 11.6 Å². The van der Waals surface area contributed by atoms with Crippen LogP contribution in [0.5, 0.6) is 5.75 Å². The van der Waals surface area contributed by atoms with E-state index in [2.05, 4.69) is 15.3 Å². The number of hydrogen-bond acceptors (Lipinski definition) is 5. The van der Waals surface area contributed by atoms with Gasteiger partial charge in [0.15, 0.2) is 5.82 Å². The summed E-state index contributed by atoms with van der Waals surface area (Å²) in [6, 6.07) is 12.3. The van der Waals surface area contributed by atoms with E-state index in [-0.39, 0.29) is 11.8 Å². The summed E-state index contributed by atoms with van der Waals surface area (Å²) in [7, 11) is 0. The summed E-state index contributed by atoms with van der Waals surface area (Å²) in [4.78, 5) is 22.8. The zero-order chi connectivity index (χ0) is 19.7. The molecule has 1 atom stereocenters. The number of amides is 1. The number of aromatic hydroxyl groups is 1. The second-order valence-electron chi connectivity index (χ2n) is 7.06. The van der Waals surface area contributed by atoms with Gasteiger partial charge in [0, 0.05) is 11.9 Å². The predicted molar refractivity (Wildman–Crippen MR) is 108 cm³/mol. The third kappa shape index (κ3) is 3.36. The third-order valence-electron chi connectivity index (χ3n) is 5.05. The van der Waals surface area contributed by atoms with Crippen LogP contribution in [0.25, 0.3) is 22.3 Å². The molecule has 0 bridgehead atoms. The maximum atomic E-state index is 12.2. The number of benzene rings is 2. The summed E-state index contributed by atoms with van der Waals surface area (Å²) in [5.74, 6) is 0.715. The van der Waals surface area contributed by atoms with E-state index in [1.165, 1.54) is 4.90 Å². The number of phenolic OH excluding ortho intramolecular Hbond substituents is 1. The van der Waals surface area contributed by atoms with Crippen molar-refractivity contribution >= 4 is 22.8 Å². The number of para-hydroxylation sites is 1. The molecule has 1 aliphatic rings. The van der Waals surface area contributed by atoms with Crippen LogP contribution in [0.15, 0.2) is 42.5 Å². The van der Waals surface area contributed by atoms with Crippen molar-refractivity contribution in [3.05, 3.63) is 48.0 Å². The van der Waals surface area contributed by atoms with Crippen molar-refractivity contribution in [3.8, 4) is 17.1 Å². The van der Waals surface area contributed by atoms with Crippen molar-refractivity contribution in [1.29, 1.82) is 0 Å². The van der Waals surface area contributed by atoms with Crippen LogP contribution in [0.3, 0.4) is 0 Å². The molecule has 3 aromatic rings. The first-order valence-electron chi connectivity index (χ1n) is 9.34. The molecule has 0 spiro atoms. The lowest BCUT2D eigenvalue weighted by Crippen LogP contribution is -2.49. The number of phenols is 1. The number of fused-ring (bicyclic) bond motifs is 1. The van der Waals surface area contributed by atoms with E-state index in [0.717, 1.165) is 24.9 Å². The molecule has 1 amide bonds. The normalized spacial score (nSPS) is 16.8. The lowest BCUT2D eigenvalue weighted by molar-refractivity contribution is 0.197. The van der Waals surface area contributed by atoms with Gasteiger partial charge in [0.2, 0.25) is 0 Å². The molecule has 7 heteroatoms. The molecule has 0 unspecified atom stereocenters. The van der Waals surface area contributed by atoms with Crippen molar-refractivity contribution in [2.45, 2.75) is 25.8 Å². The van der Waals surface area contributed by atoms with Crippen molar-refractivity contribution in [1.82, 2.24) is 15.3 Å². The Labute approximate surface area is 162 Å². The van der Waals surface area contributed by atoms with Crippen molar-refractivity contribution in [2.24, 2.45) is 0 Å². The lowest BCUT2D eigenvalue weighted by atomic mass is 10.0. The maximum absolute atomic E-state index is 12.2. The highest BCUT2D eigenvalue weighted by Crippen LogP contribution is 2.33. The Bertz CT molecular complexity index is 1030. The first-order chi connectivity index (χ1) is 13.5. The summed E-state index contributed by atoms with van der Waals surface area (Å²) in [6.45, 7) is 3.42. The highest BCUT2D eigenvalue weighted by Gasteiger charge is 2.30. The van der Waals surface area contributed by atoms with Crippen LogP contribution in [-0.4, -0.2) is 45.4 Å². The van der Waals surface area contributed by atoms with Crippen molar-refractivity contribution in [3.63, 3.8) is 0 Å². The standard InChI is InChI=1S/C21H22N4O3/c1-13-8-9-15-17(11-13)23-19(16-6-2-3-7-18(16)26)24-20(15)25(21(27)28)14-5-4-10-22-12-14/h2-3,6-9,11,14,22,26H,4-5,10,12H2,1H3,(H,27,28)/t14-/m0/s1. The molecule has 28 heavy (non-hydrogen) atoms. The minimum Gasteiger partial charge on any atom is -0.507 e. The molecule has 144 valence electrons. The van der Waals surface area contributed by atoms with Gasteiger partial charge in [-0.3, -0.25) is 4.90 Å². The van der Waals surface area contributed by atoms with E-state index in [1.807, 2.05) is 25.1 Å². The molecule has 3 N–H and O–H groups in total. The van der Waals surface area contributed by atoms with E-state index in [9.17, 15) is 15.0 Å². The Balaban J connectivity index is 1.95. The third-order valence-corrected chi connectivity index (χ3v) is 5.05. The molecular formula is C21H22N4O3. The molecule has 4 rings (SSSR count). The molecule has 2 aromatic carbocycles. The van der Waals surface area contributed by atoms with Crippen LogP contribution in [0, 0.1) is 6.92 Å². The van der Waals surface area contributed by atoms with E-state index in [4.69, 9.17) is 0 Å². The van der Waals surface area contributed by atoms with Gasteiger partial charge >= 0.3 is 6.09 Å². The Morgan fingerprint density at radius 1 is 1.21 bits per heavy atom. The number of anilines is 1. The SMILES string of the molecule is Cc1ccc2c(N(C(=O)O)[C@H]3CCCNC3)nc(-c3ccccc3O)nc2c1. The smallest absolute Gasteiger partial charge is 0.413 e. The molecule has 0 saturated carbocycles. The van der Waals surface area contributed by atoms with Crippen LogP contribution in [0.4, 0.5) is 10.6 Å². The average molecular weight is 378 g/mol. The molecule has 0 aliphatic carbocycles. The van der Waals surface area contributed by atoms with E-state index in [1.54, 1.807) is 24.3 Å². The average Bonchev–Trinajstić information content (AvgIpc) is 2.68. The number of aromatic nitrogens is 2. The van der Waals surface area contributed by atoms with Gasteiger partial charge in [-0.1, -0.05) is 18.2 Å². The Morgan fingerprint density at radius 2 is 2.04 bits per heavy atom. The van der Waals surface area contributed by atoms with Gasteiger partial charge < -0.3 is 15.5 Å². The predicted octanol–water partition coefficient (Wildman–Crippen LogP) is 3.55. The molecule has 7 nitrogen and oxygen atoms in total. The largest absolute Gasteiger partial charge is 0.507 e. The van der Waals surface area contributed by atoms with Gasteiger partial charge in [-0.05, 0) is 56.1 Å². The van der Waals surface area contributed by atoms with Crippen LogP contribution < -0.4 is 10.2 Å². The van der Waals surface area contributed by atoms with Crippen molar-refractivity contribution < 1.29 is 15.0 Å². The fourth-order valence-electron chi connectivity index (χ4n) is 3.66. The Kier molecular flexibility index (Phi) is 4.83. The fraction of sp³-hybridized carbons (Fsp3) is 0.286. The van der Waals surface area contributed by atoms with Crippen LogP contribution in [0.1, 0.15) is 18.4 Å². The molecular weight excluding hydrogens is 356 g/mol. The monoisotopic (exact) mass is 378 g/mol. The van der Waals surface area contributed by atoms with Crippen LogP contribution >= 0.6 is 0 Å². The van der Waals surface area contributed by atoms with E-state index in [0.29, 0.717) is 34.7 Å². The molecule has 1 saturated heterocycles. The summed E-state index contributed by atoms with van der Waals surface area (Å²) < 4.78 is 0. The fourth-order valence-corrected chi connectivity index (χ4v) is 3.66. The second kappa shape index (κ2) is 7.44. The number of aryl methyl sites for hydroxylation is 1. The minimum atomic E-state index is -1.04. The highest BCUT2D eigenvalue weighted by molar-refractivity contribution is 5.99. The zero-order valence-electron chi connectivity index (χ0n) is 15.6. The first-order valence-corrected chi connectivity index (χ1v) is 9.34. The number of rotatable bonds is 3. The van der Waals surface area contributed by atoms with Crippen LogP contribution in [0.2, 0.25) is 0 Å². The number of nitrogens with one attached hydrogen (secondary N) is 1. The first kappa shape index (κ1) is 18.2. The zero-order valence-corrected chi connectivity index (χ0v) is 15.6. The minimum absolute atomic E-state index is 0.0571. The lowest BCUT2D eigenvalue weighted by Gasteiger charge is -2.32. The van der Waals surface area contributed by atoms with E-state index < -0.39 is 6.09 Å². The Hall–Kier alpha value is -3.19. The maximum Gasteiger partial charge on any atom is 0.413 e. The number of hydrogen-bond donors (Lipinski definition) is 3. The van der Waals surface area contributed by atoms with Gasteiger partial charge in [-0.25, -0.2) is 14.8 Å². The number of carbonyl (C=O) groups is 1. The van der Waals surface area contributed by atoms with Gasteiger partial charge in [0.05, 0.1) is 17.1 Å². The quantitative estimate of drug-likeness (QED) is 0.645. The number of nitrogens with zero attached hydrogens (tertiary/aromatic N) is 3. The summed E-state index contributed by atoms with van der Waals surface area (Å²) >= 11 is 0. The Morgan fingerprint density at radius 3 is 2.75 bits per heavy atom. The summed E-state index contributed by atoms with van der Waals surface area (Å²) in [5, 5.41) is 24.2. The molecule has 0 radical (unpaired) electrons. The second-order valence-corrected chi connectivity index (χ2v) is 7.06. The topological polar surface area (TPSA) is 98.6 Å². The number of carboxylic acid groups (broad SMARTS) is 1.